The molecule has 0 aliphatic carbocycles. The molecule has 5 heavy (non-hydrogen) atoms. The van der Waals surface area contributed by atoms with Crippen molar-refractivity contribution in [2.75, 3.05) is 0 Å². The van der Waals surface area contributed by atoms with Crippen molar-refractivity contribution >= 4 is 19.4 Å². The first-order chi connectivity index (χ1) is 0. The fraction of sp³-hybridized carbons (Fsp3) is 1.00. The molecule has 1 nitrogen and oxygen atoms in total. The van der Waals surface area contributed by atoms with E-state index in [-0.39, 0.29) is 54.7 Å². The van der Waals surface area contributed by atoms with Crippen LogP contribution in [0.25, 0.3) is 0 Å². The van der Waals surface area contributed by atoms with Crippen LogP contribution in [0.5, 0.6) is 0 Å². The third kappa shape index (κ3) is 47.4. The molecule has 34 valence electrons. The van der Waals surface area contributed by atoms with Crippen molar-refractivity contribution in [3.05, 3.63) is 0 Å². The summed E-state index contributed by atoms with van der Waals surface area (Å²) in [4.78, 5) is 0. The predicted molar refractivity (Wildman–Crippen MR) is 33.0 cm³/mol. The van der Waals surface area contributed by atoms with Gasteiger partial charge in [0.25, 0.3) is 0 Å². The molecule has 0 amide bonds. The molecule has 4 heteroatoms. The van der Waals surface area contributed by atoms with Crippen LogP contribution in [0.1, 0.15) is 7.43 Å². The Hall–Kier alpha value is 0.956. The summed E-state index contributed by atoms with van der Waals surface area (Å²) in [6, 6.07) is 0. The van der Waals surface area contributed by atoms with Gasteiger partial charge in [-0.25, -0.2) is 0 Å². The summed E-state index contributed by atoms with van der Waals surface area (Å²) in [5, 5.41) is 0. The fourth-order valence-electron chi connectivity index (χ4n) is 0. The Morgan fingerprint density at radius 3 is 1.00 bits per heavy atom. The Kier molecular flexibility index (Phi) is 2720. The van der Waals surface area contributed by atoms with Gasteiger partial charge in [0.05, 0.1) is 8.41 Å². The van der Waals surface area contributed by atoms with Crippen molar-refractivity contribution in [3.63, 3.8) is 0 Å². The summed E-state index contributed by atoms with van der Waals surface area (Å²) in [5.74, 6) is 0. The maximum atomic E-state index is 0. The molecule has 3 N–H and O–H groups in total. The van der Waals surface area contributed by atoms with Crippen LogP contribution < -0.4 is 6.15 Å². The van der Waals surface area contributed by atoms with Gasteiger partial charge in [-0.1, -0.05) is 7.43 Å². The zero-order valence-corrected chi connectivity index (χ0v) is 2.77. The molecule has 0 aromatic rings. The van der Waals surface area contributed by atoms with E-state index < -0.39 is 0 Å². The zero-order chi connectivity index (χ0) is 0. The second-order valence-electron chi connectivity index (χ2n) is 0. The van der Waals surface area contributed by atoms with Gasteiger partial charge in [-0.3, -0.25) is 0 Å². The smallest absolute Gasteiger partial charge is 0.0814 e. The second-order valence-corrected chi connectivity index (χ2v) is 0. The van der Waals surface area contributed by atoms with Crippen LogP contribution in [0.3, 0.4) is 0 Å². The van der Waals surface area contributed by atoms with E-state index in [1.165, 1.54) is 0 Å². The SMILES string of the molecule is B.C.N.[SiH4].[Ti]. The number of hydrogen-bond acceptors (Lipinski definition) is 1. The van der Waals surface area contributed by atoms with Crippen LogP contribution in [0.2, 0.25) is 0 Å². The average Bonchev–Trinajstić information content (AvgIpc) is 0. The third-order valence-electron chi connectivity index (χ3n) is 0. The van der Waals surface area contributed by atoms with Crippen LogP contribution in [0, 0.1) is 0 Å². The predicted octanol–water partition coefficient (Wildman–Crippen LogP) is -1.84. The van der Waals surface area contributed by atoms with Crippen molar-refractivity contribution in [1.82, 2.24) is 6.15 Å². The van der Waals surface area contributed by atoms with Gasteiger partial charge < -0.3 is 6.15 Å². The Morgan fingerprint density at radius 1 is 1.00 bits per heavy atom. The van der Waals surface area contributed by atoms with Crippen LogP contribution in [-0.4, -0.2) is 19.4 Å². The summed E-state index contributed by atoms with van der Waals surface area (Å²) < 4.78 is 0. The Labute approximate surface area is 55.0 Å². The minimum Gasteiger partial charge on any atom is -0.344 e. The number of hydrogen-bond donors (Lipinski definition) is 1. The minimum absolute atomic E-state index is 0. The van der Waals surface area contributed by atoms with E-state index >= 15 is 0 Å². The van der Waals surface area contributed by atoms with Crippen molar-refractivity contribution in [1.29, 1.82) is 0 Å². The van der Waals surface area contributed by atoms with Crippen molar-refractivity contribution in [2.45, 2.75) is 7.43 Å². The average molecular weight is 127 g/mol. The van der Waals surface area contributed by atoms with E-state index in [1.54, 1.807) is 0 Å². The van der Waals surface area contributed by atoms with Gasteiger partial charge in [0.2, 0.25) is 0 Å². The normalized spacial score (nSPS) is 0. The first kappa shape index (κ1) is 160. The van der Waals surface area contributed by atoms with Gasteiger partial charge in [0, 0.05) is 21.7 Å². The molecule has 0 rings (SSSR count). The molecular weight excluding hydrogens is 113 g/mol. The van der Waals surface area contributed by atoms with Crippen molar-refractivity contribution < 1.29 is 21.7 Å². The van der Waals surface area contributed by atoms with Crippen molar-refractivity contribution in [3.8, 4) is 0 Å². The molecule has 0 aliphatic rings. The quantitative estimate of drug-likeness (QED) is 0.381. The largest absolute Gasteiger partial charge is 0.344 e. The molecule has 0 saturated heterocycles. The molecule has 0 fully saturated rings. The van der Waals surface area contributed by atoms with E-state index in [0.717, 1.165) is 0 Å². The monoisotopic (exact) mass is 127 g/mol. The zero-order valence-electron chi connectivity index (χ0n) is 1.21. The molecule has 0 unspecified atom stereocenters. The topological polar surface area (TPSA) is 35.0 Å². The molecule has 0 atom stereocenters. The van der Waals surface area contributed by atoms with E-state index in [0.29, 0.717) is 0 Å². The molecule has 0 radical (unpaired) electrons. The summed E-state index contributed by atoms with van der Waals surface area (Å²) in [6.45, 7) is 0. The van der Waals surface area contributed by atoms with Crippen LogP contribution in [-0.2, 0) is 21.7 Å². The molecule has 0 saturated carbocycles. The molecule has 0 aromatic heterocycles. The second kappa shape index (κ2) is 84.9. The number of rotatable bonds is 0. The standard InChI is InChI=1S/CH4.BH3.H3N.H4Si.Ti/h1H4;2*1H3;1H4;. The third-order valence-corrected chi connectivity index (χ3v) is 0. The maximum absolute atomic E-state index is 0. The minimum atomic E-state index is 0. The summed E-state index contributed by atoms with van der Waals surface area (Å²) in [7, 11) is 0. The molecule has 0 aliphatic heterocycles. The molecular formula is CH14BNSiTi. The Bertz CT molecular complexity index is 11.6. The Balaban J connectivity index is 0. The van der Waals surface area contributed by atoms with E-state index in [1.807, 2.05) is 0 Å². The van der Waals surface area contributed by atoms with E-state index in [4.69, 9.17) is 0 Å². The fourth-order valence-corrected chi connectivity index (χ4v) is 0. The Morgan fingerprint density at radius 2 is 1.00 bits per heavy atom. The first-order valence-electron chi connectivity index (χ1n) is 0. The van der Waals surface area contributed by atoms with Crippen LogP contribution >= 0.6 is 0 Å². The van der Waals surface area contributed by atoms with E-state index in [2.05, 4.69) is 0 Å². The summed E-state index contributed by atoms with van der Waals surface area (Å²) in [6.07, 6.45) is 0. The van der Waals surface area contributed by atoms with Gasteiger partial charge in [0.1, 0.15) is 0 Å². The first-order valence-corrected chi connectivity index (χ1v) is 0. The van der Waals surface area contributed by atoms with Gasteiger partial charge >= 0.3 is 0 Å². The summed E-state index contributed by atoms with van der Waals surface area (Å²) in [5.41, 5.74) is 0. The van der Waals surface area contributed by atoms with Gasteiger partial charge in [0.15, 0.2) is 0 Å². The van der Waals surface area contributed by atoms with Crippen LogP contribution in [0.4, 0.5) is 0 Å². The molecule has 0 heterocycles. The summed E-state index contributed by atoms with van der Waals surface area (Å²) >= 11 is 0. The molecule has 0 spiro atoms. The van der Waals surface area contributed by atoms with Crippen LogP contribution in [0.15, 0.2) is 0 Å². The molecule has 0 bridgehead atoms. The molecule has 0 aromatic carbocycles. The van der Waals surface area contributed by atoms with Gasteiger partial charge in [-0.05, 0) is 11.0 Å². The van der Waals surface area contributed by atoms with Gasteiger partial charge in [-0.15, -0.1) is 0 Å². The maximum Gasteiger partial charge on any atom is 0.0814 e. The van der Waals surface area contributed by atoms with Crippen molar-refractivity contribution in [2.24, 2.45) is 0 Å². The van der Waals surface area contributed by atoms with E-state index in [9.17, 15) is 0 Å². The van der Waals surface area contributed by atoms with Gasteiger partial charge in [-0.2, -0.15) is 0 Å².